The van der Waals surface area contributed by atoms with Crippen LogP contribution in [-0.4, -0.2) is 11.6 Å². The van der Waals surface area contributed by atoms with Crippen molar-refractivity contribution in [1.82, 2.24) is 4.98 Å². The number of thiazole rings is 1. The third-order valence-corrected chi connectivity index (χ3v) is 4.29. The van der Waals surface area contributed by atoms with Crippen LogP contribution in [0.4, 0.5) is 10.8 Å². The van der Waals surface area contributed by atoms with Crippen molar-refractivity contribution in [3.63, 3.8) is 0 Å². The molecular weight excluding hydrogens is 396 g/mol. The summed E-state index contributed by atoms with van der Waals surface area (Å²) in [6, 6.07) is 16.0. The average Bonchev–Trinajstić information content (AvgIpc) is 2.97. The van der Waals surface area contributed by atoms with Gasteiger partial charge in [0.25, 0.3) is 0 Å². The number of anilines is 2. The molecule has 0 saturated carbocycles. The van der Waals surface area contributed by atoms with E-state index in [9.17, 15) is 0 Å². The molecule has 0 fully saturated rings. The Morgan fingerprint density at radius 3 is 2.65 bits per heavy atom. The summed E-state index contributed by atoms with van der Waals surface area (Å²) < 4.78 is 6.50. The highest BCUT2D eigenvalue weighted by molar-refractivity contribution is 9.10. The molecule has 0 bridgehead atoms. The van der Waals surface area contributed by atoms with Gasteiger partial charge in [-0.05, 0) is 49.4 Å². The fourth-order valence-corrected chi connectivity index (χ4v) is 3.18. The minimum atomic E-state index is 0. The highest BCUT2D eigenvalue weighted by Gasteiger charge is 2.05. The number of nitrogens with zero attached hydrogens (tertiary/aromatic N) is 1. The maximum Gasteiger partial charge on any atom is 0.187 e. The molecule has 2 aromatic carbocycles. The van der Waals surface area contributed by atoms with Gasteiger partial charge in [-0.15, -0.1) is 23.7 Å². The largest absolute Gasteiger partial charge is 0.494 e. The van der Waals surface area contributed by atoms with E-state index < -0.39 is 0 Å². The molecule has 0 unspecified atom stereocenters. The van der Waals surface area contributed by atoms with E-state index in [2.05, 4.69) is 31.6 Å². The Morgan fingerprint density at radius 1 is 1.17 bits per heavy atom. The number of benzene rings is 2. The van der Waals surface area contributed by atoms with E-state index >= 15 is 0 Å². The maximum atomic E-state index is 5.46. The standard InChI is InChI=1S/C17H15BrN2OS.ClH/c1-2-21-15-8-6-12(7-9-15)16-11-22-17(20-16)19-14-5-3-4-13(18)10-14;/h3-11H,2H2,1H3,(H,19,20);1H. The Hall–Kier alpha value is -1.56. The van der Waals surface area contributed by atoms with Crippen LogP contribution in [0.2, 0.25) is 0 Å². The lowest BCUT2D eigenvalue weighted by atomic mass is 10.2. The normalized spacial score (nSPS) is 10.0. The SMILES string of the molecule is CCOc1ccc(-c2csc(Nc3cccc(Br)c3)n2)cc1.Cl. The first-order chi connectivity index (χ1) is 10.7. The van der Waals surface area contributed by atoms with E-state index in [-0.39, 0.29) is 12.4 Å². The van der Waals surface area contributed by atoms with E-state index in [1.807, 2.05) is 55.5 Å². The summed E-state index contributed by atoms with van der Waals surface area (Å²) in [7, 11) is 0. The third kappa shape index (κ3) is 4.70. The van der Waals surface area contributed by atoms with Crippen molar-refractivity contribution in [3.05, 3.63) is 58.4 Å². The molecule has 0 atom stereocenters. The van der Waals surface area contributed by atoms with Gasteiger partial charge in [0.05, 0.1) is 12.3 Å². The second-order valence-electron chi connectivity index (χ2n) is 4.63. The van der Waals surface area contributed by atoms with Crippen LogP contribution in [0.15, 0.2) is 58.4 Å². The van der Waals surface area contributed by atoms with Crippen molar-refractivity contribution in [1.29, 1.82) is 0 Å². The molecule has 0 radical (unpaired) electrons. The van der Waals surface area contributed by atoms with Crippen molar-refractivity contribution >= 4 is 50.5 Å². The van der Waals surface area contributed by atoms with Gasteiger partial charge in [0.2, 0.25) is 0 Å². The van der Waals surface area contributed by atoms with Crippen LogP contribution in [0, 0.1) is 0 Å². The second-order valence-corrected chi connectivity index (χ2v) is 6.40. The molecule has 0 aliphatic heterocycles. The van der Waals surface area contributed by atoms with Crippen molar-refractivity contribution in [2.75, 3.05) is 11.9 Å². The second kappa shape index (κ2) is 8.34. The first kappa shape index (κ1) is 17.8. The molecule has 0 aliphatic rings. The number of ether oxygens (including phenoxy) is 1. The van der Waals surface area contributed by atoms with E-state index in [1.165, 1.54) is 0 Å². The molecule has 0 aliphatic carbocycles. The molecule has 6 heteroatoms. The molecule has 23 heavy (non-hydrogen) atoms. The highest BCUT2D eigenvalue weighted by atomic mass is 79.9. The van der Waals surface area contributed by atoms with Gasteiger partial charge in [0, 0.05) is 21.1 Å². The fraction of sp³-hybridized carbons (Fsp3) is 0.118. The van der Waals surface area contributed by atoms with Crippen LogP contribution in [0.5, 0.6) is 5.75 Å². The quantitative estimate of drug-likeness (QED) is 0.548. The van der Waals surface area contributed by atoms with Crippen LogP contribution >= 0.6 is 39.7 Å². The lowest BCUT2D eigenvalue weighted by molar-refractivity contribution is 0.340. The molecule has 3 aromatic rings. The highest BCUT2D eigenvalue weighted by Crippen LogP contribution is 2.29. The van der Waals surface area contributed by atoms with Gasteiger partial charge in [0.1, 0.15) is 5.75 Å². The predicted molar refractivity (Wildman–Crippen MR) is 103 cm³/mol. The van der Waals surface area contributed by atoms with Gasteiger partial charge in [-0.3, -0.25) is 0 Å². The average molecular weight is 412 g/mol. The zero-order valence-electron chi connectivity index (χ0n) is 12.5. The zero-order valence-corrected chi connectivity index (χ0v) is 15.7. The van der Waals surface area contributed by atoms with Crippen LogP contribution in [0.25, 0.3) is 11.3 Å². The number of nitrogens with one attached hydrogen (secondary N) is 1. The minimum Gasteiger partial charge on any atom is -0.494 e. The molecule has 1 heterocycles. The summed E-state index contributed by atoms with van der Waals surface area (Å²) in [5, 5.41) is 6.25. The smallest absolute Gasteiger partial charge is 0.187 e. The topological polar surface area (TPSA) is 34.1 Å². The van der Waals surface area contributed by atoms with Crippen molar-refractivity contribution in [2.45, 2.75) is 6.92 Å². The number of hydrogen-bond acceptors (Lipinski definition) is 4. The number of hydrogen-bond donors (Lipinski definition) is 1. The summed E-state index contributed by atoms with van der Waals surface area (Å²) in [4.78, 5) is 4.63. The lowest BCUT2D eigenvalue weighted by Crippen LogP contribution is -1.91. The number of halogens is 2. The van der Waals surface area contributed by atoms with Gasteiger partial charge in [-0.25, -0.2) is 4.98 Å². The van der Waals surface area contributed by atoms with Gasteiger partial charge >= 0.3 is 0 Å². The van der Waals surface area contributed by atoms with Gasteiger partial charge < -0.3 is 10.1 Å². The zero-order chi connectivity index (χ0) is 15.4. The first-order valence-electron chi connectivity index (χ1n) is 6.96. The molecule has 3 nitrogen and oxygen atoms in total. The molecular formula is C17H16BrClN2OS. The van der Waals surface area contributed by atoms with Crippen molar-refractivity contribution in [2.24, 2.45) is 0 Å². The summed E-state index contributed by atoms with van der Waals surface area (Å²) >= 11 is 5.06. The molecule has 120 valence electrons. The monoisotopic (exact) mass is 410 g/mol. The Balaban J connectivity index is 0.00000192. The Kier molecular flexibility index (Phi) is 6.45. The van der Waals surface area contributed by atoms with E-state index in [4.69, 9.17) is 4.74 Å². The molecule has 1 N–H and O–H groups in total. The fourth-order valence-electron chi connectivity index (χ4n) is 2.04. The molecule has 1 aromatic heterocycles. The Labute approximate surface area is 154 Å². The van der Waals surface area contributed by atoms with Crippen LogP contribution in [0.3, 0.4) is 0 Å². The van der Waals surface area contributed by atoms with Crippen molar-refractivity contribution in [3.8, 4) is 17.0 Å². The van der Waals surface area contributed by atoms with Crippen LogP contribution < -0.4 is 10.1 Å². The van der Waals surface area contributed by atoms with E-state index in [0.717, 1.165) is 32.3 Å². The lowest BCUT2D eigenvalue weighted by Gasteiger charge is -2.04. The van der Waals surface area contributed by atoms with E-state index in [0.29, 0.717) is 6.61 Å². The Morgan fingerprint density at radius 2 is 1.96 bits per heavy atom. The van der Waals surface area contributed by atoms with Gasteiger partial charge in [-0.2, -0.15) is 0 Å². The Bertz CT molecular complexity index is 761. The van der Waals surface area contributed by atoms with Crippen molar-refractivity contribution < 1.29 is 4.74 Å². The number of rotatable bonds is 5. The van der Waals surface area contributed by atoms with Gasteiger partial charge in [-0.1, -0.05) is 22.0 Å². The molecule has 3 rings (SSSR count). The summed E-state index contributed by atoms with van der Waals surface area (Å²) in [6.45, 7) is 2.66. The van der Waals surface area contributed by atoms with Crippen LogP contribution in [0.1, 0.15) is 6.92 Å². The summed E-state index contributed by atoms with van der Waals surface area (Å²) in [5.74, 6) is 0.883. The molecule has 0 amide bonds. The predicted octanol–water partition coefficient (Wildman–Crippen LogP) is 6.14. The van der Waals surface area contributed by atoms with Crippen LogP contribution in [-0.2, 0) is 0 Å². The number of aromatic nitrogens is 1. The van der Waals surface area contributed by atoms with Gasteiger partial charge in [0.15, 0.2) is 5.13 Å². The maximum absolute atomic E-state index is 5.46. The summed E-state index contributed by atoms with van der Waals surface area (Å²) in [6.07, 6.45) is 0. The first-order valence-corrected chi connectivity index (χ1v) is 8.63. The van der Waals surface area contributed by atoms with E-state index in [1.54, 1.807) is 11.3 Å². The minimum absolute atomic E-state index is 0. The molecule has 0 spiro atoms. The third-order valence-electron chi connectivity index (χ3n) is 3.04. The molecule has 0 saturated heterocycles. The summed E-state index contributed by atoms with van der Waals surface area (Å²) in [5.41, 5.74) is 3.06.